The van der Waals surface area contributed by atoms with Crippen LogP contribution >= 0.6 is 0 Å². The van der Waals surface area contributed by atoms with Crippen LogP contribution < -0.4 is 14.8 Å². The summed E-state index contributed by atoms with van der Waals surface area (Å²) in [4.78, 5) is 9.07. The summed E-state index contributed by atoms with van der Waals surface area (Å²) in [5, 5.41) is 3.46. The molecule has 23 heavy (non-hydrogen) atoms. The molecule has 2 aromatic rings. The molecule has 3 rings (SSSR count). The number of hydrogen-bond acceptors (Lipinski definition) is 5. The third-order valence-electron chi connectivity index (χ3n) is 4.18. The van der Waals surface area contributed by atoms with Gasteiger partial charge in [-0.05, 0) is 63.7 Å². The van der Waals surface area contributed by atoms with Crippen LogP contribution in [-0.2, 0) is 0 Å². The minimum Gasteiger partial charge on any atom is -0.474 e. The largest absolute Gasteiger partial charge is 0.474 e. The maximum atomic E-state index is 5.87. The summed E-state index contributed by atoms with van der Waals surface area (Å²) >= 11 is 0. The lowest BCUT2D eigenvalue weighted by atomic mass is 9.95. The van der Waals surface area contributed by atoms with Crippen molar-refractivity contribution in [3.63, 3.8) is 0 Å². The van der Waals surface area contributed by atoms with Crippen LogP contribution in [0.15, 0.2) is 24.3 Å². The number of aromatic nitrogens is 2. The van der Waals surface area contributed by atoms with E-state index in [2.05, 4.69) is 15.3 Å². The molecule has 5 heteroatoms. The summed E-state index contributed by atoms with van der Waals surface area (Å²) in [6.45, 7) is 5.45. The highest BCUT2D eigenvalue weighted by molar-refractivity contribution is 5.75. The van der Waals surface area contributed by atoms with Gasteiger partial charge in [-0.25, -0.2) is 9.97 Å². The molecule has 2 heterocycles. The number of fused-ring (bicyclic) bond motifs is 1. The SMILES string of the molecule is CCOc1nc2ccccc2nc1OCCC[C@H]1CCCNC1. The highest BCUT2D eigenvalue weighted by atomic mass is 16.5. The minimum absolute atomic E-state index is 0.491. The first kappa shape index (κ1) is 16.0. The summed E-state index contributed by atoms with van der Waals surface area (Å²) in [7, 11) is 0. The second kappa shape index (κ2) is 8.11. The number of hydrogen-bond donors (Lipinski definition) is 1. The first-order chi connectivity index (χ1) is 11.4. The summed E-state index contributed by atoms with van der Waals surface area (Å²) in [6.07, 6.45) is 4.84. The fraction of sp³-hybridized carbons (Fsp3) is 0.556. The maximum absolute atomic E-state index is 5.87. The molecule has 0 aliphatic carbocycles. The van der Waals surface area contributed by atoms with Crippen LogP contribution in [0.25, 0.3) is 11.0 Å². The van der Waals surface area contributed by atoms with Crippen molar-refractivity contribution in [2.24, 2.45) is 5.92 Å². The van der Waals surface area contributed by atoms with Crippen LogP contribution in [0, 0.1) is 5.92 Å². The summed E-state index contributed by atoms with van der Waals surface area (Å²) < 4.78 is 11.5. The molecule has 0 radical (unpaired) electrons. The first-order valence-corrected chi connectivity index (χ1v) is 8.60. The van der Waals surface area contributed by atoms with E-state index in [4.69, 9.17) is 9.47 Å². The number of para-hydroxylation sites is 2. The molecule has 1 saturated heterocycles. The van der Waals surface area contributed by atoms with Crippen LogP contribution in [0.5, 0.6) is 11.8 Å². The third-order valence-corrected chi connectivity index (χ3v) is 4.18. The van der Waals surface area contributed by atoms with E-state index in [0.29, 0.717) is 25.0 Å². The fourth-order valence-corrected chi connectivity index (χ4v) is 3.00. The Morgan fingerprint density at radius 1 is 1.13 bits per heavy atom. The molecule has 124 valence electrons. The summed E-state index contributed by atoms with van der Waals surface area (Å²) in [5.74, 6) is 1.78. The molecule has 0 unspecified atom stereocenters. The Morgan fingerprint density at radius 2 is 1.87 bits per heavy atom. The lowest BCUT2D eigenvalue weighted by molar-refractivity contribution is 0.243. The van der Waals surface area contributed by atoms with Crippen LogP contribution in [-0.4, -0.2) is 36.3 Å². The number of piperidine rings is 1. The fourth-order valence-electron chi connectivity index (χ4n) is 3.00. The average molecular weight is 315 g/mol. The van der Waals surface area contributed by atoms with E-state index < -0.39 is 0 Å². The number of nitrogens with zero attached hydrogens (tertiary/aromatic N) is 2. The van der Waals surface area contributed by atoms with Gasteiger partial charge in [0.1, 0.15) is 0 Å². The van der Waals surface area contributed by atoms with Gasteiger partial charge in [-0.3, -0.25) is 0 Å². The van der Waals surface area contributed by atoms with E-state index in [1.807, 2.05) is 31.2 Å². The molecule has 1 atom stereocenters. The Bertz CT molecular complexity index is 627. The molecule has 0 spiro atoms. The maximum Gasteiger partial charge on any atom is 0.278 e. The molecule has 0 bridgehead atoms. The van der Waals surface area contributed by atoms with E-state index in [9.17, 15) is 0 Å². The second-order valence-corrected chi connectivity index (χ2v) is 5.96. The zero-order chi connectivity index (χ0) is 15.9. The van der Waals surface area contributed by atoms with Gasteiger partial charge in [0, 0.05) is 0 Å². The molecule has 5 nitrogen and oxygen atoms in total. The van der Waals surface area contributed by atoms with Gasteiger partial charge in [0.2, 0.25) is 0 Å². The van der Waals surface area contributed by atoms with Gasteiger partial charge in [-0.1, -0.05) is 12.1 Å². The van der Waals surface area contributed by atoms with Crippen molar-refractivity contribution in [3.8, 4) is 11.8 Å². The highest BCUT2D eigenvalue weighted by Crippen LogP contribution is 2.26. The van der Waals surface area contributed by atoms with Crippen LogP contribution in [0.4, 0.5) is 0 Å². The van der Waals surface area contributed by atoms with Crippen molar-refractivity contribution in [2.45, 2.75) is 32.6 Å². The number of nitrogens with one attached hydrogen (secondary N) is 1. The van der Waals surface area contributed by atoms with E-state index in [1.54, 1.807) is 0 Å². The predicted molar refractivity (Wildman–Crippen MR) is 91.0 cm³/mol. The summed E-state index contributed by atoms with van der Waals surface area (Å²) in [6, 6.07) is 7.78. The number of ether oxygens (including phenoxy) is 2. The molecule has 1 aliphatic heterocycles. The lowest BCUT2D eigenvalue weighted by Crippen LogP contribution is -2.29. The van der Waals surface area contributed by atoms with Crippen LogP contribution in [0.3, 0.4) is 0 Å². The Kier molecular flexibility index (Phi) is 5.64. The minimum atomic E-state index is 0.491. The van der Waals surface area contributed by atoms with Gasteiger partial charge in [0.05, 0.1) is 24.2 Å². The van der Waals surface area contributed by atoms with Gasteiger partial charge in [0.25, 0.3) is 11.8 Å². The number of benzene rings is 1. The molecule has 0 amide bonds. The zero-order valence-corrected chi connectivity index (χ0v) is 13.8. The predicted octanol–water partition coefficient (Wildman–Crippen LogP) is 3.19. The zero-order valence-electron chi connectivity index (χ0n) is 13.8. The van der Waals surface area contributed by atoms with Crippen molar-refractivity contribution in [1.29, 1.82) is 0 Å². The smallest absolute Gasteiger partial charge is 0.278 e. The van der Waals surface area contributed by atoms with Gasteiger partial charge < -0.3 is 14.8 Å². The van der Waals surface area contributed by atoms with E-state index in [0.717, 1.165) is 36.5 Å². The monoisotopic (exact) mass is 315 g/mol. The standard InChI is InChI=1S/C18H25N3O2/c1-2-22-17-18(21-16-10-4-3-9-15(16)20-17)23-12-6-8-14-7-5-11-19-13-14/h3-4,9-10,14,19H,2,5-8,11-13H2,1H3/t14-/m1/s1. The van der Waals surface area contributed by atoms with E-state index in [-0.39, 0.29) is 0 Å². The molecule has 1 aromatic heterocycles. The molecule has 1 aromatic carbocycles. The van der Waals surface area contributed by atoms with Crippen molar-refractivity contribution >= 4 is 11.0 Å². The van der Waals surface area contributed by atoms with Crippen LogP contribution in [0.1, 0.15) is 32.6 Å². The van der Waals surface area contributed by atoms with Gasteiger partial charge in [-0.2, -0.15) is 0 Å². The second-order valence-electron chi connectivity index (χ2n) is 5.96. The van der Waals surface area contributed by atoms with Crippen LogP contribution in [0.2, 0.25) is 0 Å². The molecule has 1 fully saturated rings. The van der Waals surface area contributed by atoms with Gasteiger partial charge in [-0.15, -0.1) is 0 Å². The third kappa shape index (κ3) is 4.32. The topological polar surface area (TPSA) is 56.3 Å². The molecular formula is C18H25N3O2. The Hall–Kier alpha value is -1.88. The molecule has 1 aliphatic rings. The molecule has 1 N–H and O–H groups in total. The first-order valence-electron chi connectivity index (χ1n) is 8.60. The normalized spacial score (nSPS) is 18.0. The number of rotatable bonds is 7. The van der Waals surface area contributed by atoms with Crippen molar-refractivity contribution in [2.75, 3.05) is 26.3 Å². The summed E-state index contributed by atoms with van der Waals surface area (Å²) in [5.41, 5.74) is 1.67. The van der Waals surface area contributed by atoms with Crippen molar-refractivity contribution < 1.29 is 9.47 Å². The van der Waals surface area contributed by atoms with E-state index in [1.165, 1.54) is 19.3 Å². The average Bonchev–Trinajstić information content (AvgIpc) is 2.60. The quantitative estimate of drug-likeness (QED) is 0.795. The van der Waals surface area contributed by atoms with Gasteiger partial charge in [0.15, 0.2) is 0 Å². The Balaban J connectivity index is 1.60. The highest BCUT2D eigenvalue weighted by Gasteiger charge is 2.14. The molecule has 0 saturated carbocycles. The van der Waals surface area contributed by atoms with Crippen molar-refractivity contribution in [3.05, 3.63) is 24.3 Å². The van der Waals surface area contributed by atoms with Gasteiger partial charge >= 0.3 is 0 Å². The van der Waals surface area contributed by atoms with E-state index >= 15 is 0 Å². The molecular weight excluding hydrogens is 290 g/mol. The lowest BCUT2D eigenvalue weighted by Gasteiger charge is -2.22. The van der Waals surface area contributed by atoms with Crippen molar-refractivity contribution in [1.82, 2.24) is 15.3 Å². The Labute approximate surface area is 137 Å². The Morgan fingerprint density at radius 3 is 2.52 bits per heavy atom.